The van der Waals surface area contributed by atoms with Crippen molar-refractivity contribution >= 4 is 46.8 Å². The fourth-order valence-corrected chi connectivity index (χ4v) is 2.01. The van der Waals surface area contributed by atoms with Crippen LogP contribution in [0, 0.1) is 0 Å². The van der Waals surface area contributed by atoms with Crippen molar-refractivity contribution in [2.24, 2.45) is 0 Å². The molecule has 0 unspecified atom stereocenters. The summed E-state index contributed by atoms with van der Waals surface area (Å²) in [5, 5.41) is 3.07. The van der Waals surface area contributed by atoms with Gasteiger partial charge in [-0.05, 0) is 30.3 Å². The molecule has 0 radical (unpaired) electrons. The van der Waals surface area contributed by atoms with Gasteiger partial charge in [-0.15, -0.1) is 0 Å². The Morgan fingerprint density at radius 1 is 1.18 bits per heavy atom. The van der Waals surface area contributed by atoms with E-state index in [0.717, 1.165) is 6.08 Å². The van der Waals surface area contributed by atoms with Crippen LogP contribution < -0.4 is 5.32 Å². The Hall–Kier alpha value is -2.24. The second kappa shape index (κ2) is 7.68. The molecule has 2 rings (SSSR count). The molecule has 1 aromatic heterocycles. The Morgan fingerprint density at radius 2 is 1.91 bits per heavy atom. The number of anilines is 1. The van der Waals surface area contributed by atoms with Gasteiger partial charge in [-0.1, -0.05) is 29.3 Å². The quantitative estimate of drug-likeness (QED) is 0.664. The summed E-state index contributed by atoms with van der Waals surface area (Å²) in [7, 11) is 0. The first-order valence-corrected chi connectivity index (χ1v) is 6.94. The van der Waals surface area contributed by atoms with E-state index in [1.54, 1.807) is 30.3 Å². The molecule has 2 aromatic rings. The number of carbonyl (C=O) groups is 2. The summed E-state index contributed by atoms with van der Waals surface area (Å²) in [5.74, 6) is -0.712. The van der Waals surface area contributed by atoms with Crippen LogP contribution >= 0.6 is 23.2 Å². The second-order valence-electron chi connectivity index (χ2n) is 4.10. The molecule has 0 fully saturated rings. The SMILES string of the molecule is O=C(COC(=O)C=Cc1ccco1)Nc1c(Cl)cccc1Cl. The van der Waals surface area contributed by atoms with E-state index in [-0.39, 0.29) is 5.69 Å². The fraction of sp³-hybridized carbons (Fsp3) is 0.0667. The predicted molar refractivity (Wildman–Crippen MR) is 83.8 cm³/mol. The summed E-state index contributed by atoms with van der Waals surface area (Å²) in [6.07, 6.45) is 4.07. The number of hydrogen-bond donors (Lipinski definition) is 1. The lowest BCUT2D eigenvalue weighted by Crippen LogP contribution is -2.20. The van der Waals surface area contributed by atoms with Crippen LogP contribution in [0.5, 0.6) is 0 Å². The predicted octanol–water partition coefficient (Wildman–Crippen LogP) is 3.78. The summed E-state index contributed by atoms with van der Waals surface area (Å²) in [5.41, 5.74) is 0.276. The van der Waals surface area contributed by atoms with E-state index < -0.39 is 18.5 Å². The number of para-hydroxylation sites is 1. The van der Waals surface area contributed by atoms with Crippen LogP contribution in [-0.2, 0) is 14.3 Å². The normalized spacial score (nSPS) is 10.6. The van der Waals surface area contributed by atoms with Crippen molar-refractivity contribution in [3.05, 3.63) is 58.5 Å². The standard InChI is InChI=1S/C15H11Cl2NO4/c16-11-4-1-5-12(17)15(11)18-13(19)9-22-14(20)7-6-10-3-2-8-21-10/h1-8H,9H2,(H,18,19). The molecule has 1 aromatic carbocycles. The van der Waals surface area contributed by atoms with Gasteiger partial charge in [-0.25, -0.2) is 4.79 Å². The first-order chi connectivity index (χ1) is 10.6. The average molecular weight is 340 g/mol. The van der Waals surface area contributed by atoms with Crippen molar-refractivity contribution in [3.8, 4) is 0 Å². The number of rotatable bonds is 5. The maximum Gasteiger partial charge on any atom is 0.331 e. The number of ether oxygens (including phenoxy) is 1. The van der Waals surface area contributed by atoms with E-state index in [9.17, 15) is 9.59 Å². The highest BCUT2D eigenvalue weighted by Crippen LogP contribution is 2.29. The van der Waals surface area contributed by atoms with E-state index in [2.05, 4.69) is 5.32 Å². The summed E-state index contributed by atoms with van der Waals surface area (Å²) in [6.45, 7) is -0.455. The Balaban J connectivity index is 1.84. The minimum Gasteiger partial charge on any atom is -0.465 e. The molecule has 0 aliphatic heterocycles. The van der Waals surface area contributed by atoms with E-state index in [0.29, 0.717) is 15.8 Å². The highest BCUT2D eigenvalue weighted by Gasteiger charge is 2.11. The number of benzene rings is 1. The minimum atomic E-state index is -0.670. The molecule has 0 atom stereocenters. The smallest absolute Gasteiger partial charge is 0.331 e. The van der Waals surface area contributed by atoms with Crippen LogP contribution in [0.3, 0.4) is 0 Å². The van der Waals surface area contributed by atoms with Crippen molar-refractivity contribution in [2.45, 2.75) is 0 Å². The largest absolute Gasteiger partial charge is 0.465 e. The Morgan fingerprint density at radius 3 is 2.55 bits per heavy atom. The lowest BCUT2D eigenvalue weighted by molar-refractivity contribution is -0.142. The van der Waals surface area contributed by atoms with Crippen molar-refractivity contribution < 1.29 is 18.7 Å². The van der Waals surface area contributed by atoms with Crippen molar-refractivity contribution in [1.82, 2.24) is 0 Å². The molecular formula is C15H11Cl2NO4. The van der Waals surface area contributed by atoms with Gasteiger partial charge in [0, 0.05) is 6.08 Å². The molecule has 114 valence electrons. The lowest BCUT2D eigenvalue weighted by atomic mass is 10.3. The molecular weight excluding hydrogens is 329 g/mol. The molecule has 22 heavy (non-hydrogen) atoms. The third-order valence-electron chi connectivity index (χ3n) is 2.50. The summed E-state index contributed by atoms with van der Waals surface area (Å²) < 4.78 is 9.80. The van der Waals surface area contributed by atoms with Crippen LogP contribution in [0.15, 0.2) is 47.1 Å². The van der Waals surface area contributed by atoms with E-state index in [1.807, 2.05) is 0 Å². The second-order valence-corrected chi connectivity index (χ2v) is 4.92. The lowest BCUT2D eigenvalue weighted by Gasteiger charge is -2.08. The maximum absolute atomic E-state index is 11.7. The van der Waals surface area contributed by atoms with Gasteiger partial charge in [-0.3, -0.25) is 4.79 Å². The van der Waals surface area contributed by atoms with Crippen LogP contribution in [0.1, 0.15) is 5.76 Å². The van der Waals surface area contributed by atoms with Crippen molar-refractivity contribution in [1.29, 1.82) is 0 Å². The first kappa shape index (κ1) is 16.1. The summed E-state index contributed by atoms with van der Waals surface area (Å²) in [6, 6.07) is 8.18. The van der Waals surface area contributed by atoms with Gasteiger partial charge in [-0.2, -0.15) is 0 Å². The zero-order valence-corrected chi connectivity index (χ0v) is 12.7. The zero-order chi connectivity index (χ0) is 15.9. The number of nitrogens with one attached hydrogen (secondary N) is 1. The highest BCUT2D eigenvalue weighted by atomic mass is 35.5. The highest BCUT2D eigenvalue weighted by molar-refractivity contribution is 6.39. The number of furan rings is 1. The van der Waals surface area contributed by atoms with Crippen LogP contribution in [0.25, 0.3) is 6.08 Å². The zero-order valence-electron chi connectivity index (χ0n) is 11.2. The number of carbonyl (C=O) groups excluding carboxylic acids is 2. The molecule has 7 heteroatoms. The fourth-order valence-electron chi connectivity index (χ4n) is 1.51. The van der Waals surface area contributed by atoms with Gasteiger partial charge < -0.3 is 14.5 Å². The van der Waals surface area contributed by atoms with Crippen molar-refractivity contribution in [3.63, 3.8) is 0 Å². The first-order valence-electron chi connectivity index (χ1n) is 6.18. The number of esters is 1. The molecule has 0 saturated carbocycles. The monoisotopic (exact) mass is 339 g/mol. The molecule has 0 aliphatic rings. The van der Waals surface area contributed by atoms with Crippen molar-refractivity contribution in [2.75, 3.05) is 11.9 Å². The van der Waals surface area contributed by atoms with Gasteiger partial charge in [0.2, 0.25) is 0 Å². The molecule has 0 aliphatic carbocycles. The molecule has 0 bridgehead atoms. The Kier molecular flexibility index (Phi) is 5.63. The topological polar surface area (TPSA) is 68.5 Å². The van der Waals surface area contributed by atoms with Gasteiger partial charge in [0.25, 0.3) is 5.91 Å². The summed E-state index contributed by atoms with van der Waals surface area (Å²) >= 11 is 11.8. The molecule has 0 spiro atoms. The minimum absolute atomic E-state index is 0.276. The third kappa shape index (κ3) is 4.65. The molecule has 0 saturated heterocycles. The van der Waals surface area contributed by atoms with Crippen LogP contribution in [-0.4, -0.2) is 18.5 Å². The Labute approximate surface area is 136 Å². The maximum atomic E-state index is 11.7. The van der Waals surface area contributed by atoms with Gasteiger partial charge >= 0.3 is 5.97 Å². The van der Waals surface area contributed by atoms with Gasteiger partial charge in [0.05, 0.1) is 22.0 Å². The van der Waals surface area contributed by atoms with Gasteiger partial charge in [0.1, 0.15) is 5.76 Å². The van der Waals surface area contributed by atoms with E-state index in [1.165, 1.54) is 12.3 Å². The van der Waals surface area contributed by atoms with Crippen LogP contribution in [0.2, 0.25) is 10.0 Å². The van der Waals surface area contributed by atoms with Gasteiger partial charge in [0.15, 0.2) is 6.61 Å². The molecule has 1 heterocycles. The number of halogens is 2. The third-order valence-corrected chi connectivity index (χ3v) is 3.13. The van der Waals surface area contributed by atoms with E-state index in [4.69, 9.17) is 32.4 Å². The molecule has 1 amide bonds. The Bertz CT molecular complexity index is 675. The average Bonchev–Trinajstić information content (AvgIpc) is 3.00. The number of hydrogen-bond acceptors (Lipinski definition) is 4. The van der Waals surface area contributed by atoms with E-state index >= 15 is 0 Å². The molecule has 1 N–H and O–H groups in total. The molecule has 5 nitrogen and oxygen atoms in total. The number of amides is 1. The summed E-state index contributed by atoms with van der Waals surface area (Å²) in [4.78, 5) is 23.2. The van der Waals surface area contributed by atoms with Crippen LogP contribution in [0.4, 0.5) is 5.69 Å².